The van der Waals surface area contributed by atoms with Crippen LogP contribution in [0.25, 0.3) is 0 Å². The largest absolute Gasteiger partial charge is 0.467 e. The number of nitrogens with one attached hydrogen (secondary N) is 1. The summed E-state index contributed by atoms with van der Waals surface area (Å²) in [7, 11) is 0. The Morgan fingerprint density at radius 2 is 2.12 bits per heavy atom. The van der Waals surface area contributed by atoms with E-state index in [9.17, 15) is 9.59 Å². The average Bonchev–Trinajstić information content (AvgIpc) is 3.29. The van der Waals surface area contributed by atoms with Gasteiger partial charge in [0.2, 0.25) is 11.8 Å². The molecule has 4 rings (SSSR count). The second kappa shape index (κ2) is 6.15. The Labute approximate surface area is 140 Å². The minimum atomic E-state index is -0.305. The quantitative estimate of drug-likeness (QED) is 0.940. The number of hydrogen-bond donors (Lipinski definition) is 1. The smallest absolute Gasteiger partial charge is 0.229 e. The van der Waals surface area contributed by atoms with Crippen LogP contribution in [0.4, 0.5) is 5.69 Å². The van der Waals surface area contributed by atoms with E-state index in [0.717, 1.165) is 24.3 Å². The predicted molar refractivity (Wildman–Crippen MR) is 89.3 cm³/mol. The minimum Gasteiger partial charge on any atom is -0.467 e. The maximum atomic E-state index is 12.5. The molecule has 5 heteroatoms. The van der Waals surface area contributed by atoms with Gasteiger partial charge in [-0.3, -0.25) is 9.59 Å². The molecule has 1 aliphatic heterocycles. The van der Waals surface area contributed by atoms with E-state index in [1.165, 1.54) is 17.5 Å². The number of rotatable bonds is 4. The Morgan fingerprint density at radius 1 is 1.25 bits per heavy atom. The summed E-state index contributed by atoms with van der Waals surface area (Å²) in [5, 5.41) is 2.97. The first kappa shape index (κ1) is 15.0. The van der Waals surface area contributed by atoms with Crippen molar-refractivity contribution in [2.75, 3.05) is 11.9 Å². The first-order valence-corrected chi connectivity index (χ1v) is 8.42. The van der Waals surface area contributed by atoms with Crippen LogP contribution in [0.1, 0.15) is 29.7 Å². The van der Waals surface area contributed by atoms with Gasteiger partial charge in [-0.2, -0.15) is 0 Å². The van der Waals surface area contributed by atoms with Gasteiger partial charge < -0.3 is 14.6 Å². The van der Waals surface area contributed by atoms with E-state index < -0.39 is 0 Å². The average molecular weight is 324 g/mol. The molecule has 2 aromatic rings. The van der Waals surface area contributed by atoms with E-state index in [1.54, 1.807) is 17.2 Å². The standard InChI is InChI=1S/C19H20N2O3/c22-18-10-15(11-21(18)12-17-5-2-8-24-17)19(23)20-16-7-6-13-3-1-4-14(13)9-16/h2,5-9,15H,1,3-4,10-12H2,(H,20,23). The summed E-state index contributed by atoms with van der Waals surface area (Å²) in [5.74, 6) is 0.354. The summed E-state index contributed by atoms with van der Waals surface area (Å²) in [6.07, 6.45) is 5.25. The Hall–Kier alpha value is -2.56. The number of carbonyl (C=O) groups is 2. The van der Waals surface area contributed by atoms with Crippen molar-refractivity contribution in [1.29, 1.82) is 0 Å². The molecule has 0 radical (unpaired) electrons. The molecule has 0 bridgehead atoms. The molecule has 0 saturated carbocycles. The van der Waals surface area contributed by atoms with E-state index in [0.29, 0.717) is 13.1 Å². The Kier molecular flexibility index (Phi) is 3.84. The van der Waals surface area contributed by atoms with E-state index in [1.807, 2.05) is 12.1 Å². The molecule has 124 valence electrons. The third-order valence-corrected chi connectivity index (χ3v) is 4.88. The van der Waals surface area contributed by atoms with Crippen molar-refractivity contribution in [1.82, 2.24) is 4.90 Å². The zero-order chi connectivity index (χ0) is 16.5. The third-order valence-electron chi connectivity index (χ3n) is 4.88. The number of benzene rings is 1. The summed E-state index contributed by atoms with van der Waals surface area (Å²) in [4.78, 5) is 26.3. The van der Waals surface area contributed by atoms with Gasteiger partial charge in [0.15, 0.2) is 0 Å². The van der Waals surface area contributed by atoms with Crippen LogP contribution in [0.15, 0.2) is 41.0 Å². The van der Waals surface area contributed by atoms with Crippen molar-refractivity contribution < 1.29 is 14.0 Å². The van der Waals surface area contributed by atoms with Crippen molar-refractivity contribution >= 4 is 17.5 Å². The van der Waals surface area contributed by atoms with Crippen molar-refractivity contribution in [3.63, 3.8) is 0 Å². The fourth-order valence-electron chi connectivity index (χ4n) is 3.59. The number of furan rings is 1. The summed E-state index contributed by atoms with van der Waals surface area (Å²) in [5.41, 5.74) is 3.54. The zero-order valence-corrected chi connectivity index (χ0v) is 13.5. The number of likely N-dealkylation sites (tertiary alicyclic amines) is 1. The van der Waals surface area contributed by atoms with Crippen molar-refractivity contribution in [3.8, 4) is 0 Å². The number of hydrogen-bond acceptors (Lipinski definition) is 3. The molecule has 0 spiro atoms. The van der Waals surface area contributed by atoms with Crippen molar-refractivity contribution in [2.24, 2.45) is 5.92 Å². The van der Waals surface area contributed by atoms with Gasteiger partial charge in [-0.1, -0.05) is 6.07 Å². The summed E-state index contributed by atoms with van der Waals surface area (Å²) in [6, 6.07) is 9.76. The van der Waals surface area contributed by atoms with Gasteiger partial charge >= 0.3 is 0 Å². The molecule has 2 heterocycles. The molecule has 1 fully saturated rings. The van der Waals surface area contributed by atoms with Crippen LogP contribution in [-0.2, 0) is 29.0 Å². The molecular formula is C19H20N2O3. The predicted octanol–water partition coefficient (Wildman–Crippen LogP) is 2.76. The van der Waals surface area contributed by atoms with Crippen LogP contribution >= 0.6 is 0 Å². The molecule has 1 unspecified atom stereocenters. The van der Waals surface area contributed by atoms with Crippen molar-refractivity contribution in [3.05, 3.63) is 53.5 Å². The summed E-state index contributed by atoms with van der Waals surface area (Å²) >= 11 is 0. The van der Waals surface area contributed by atoms with Crippen LogP contribution in [0, 0.1) is 5.92 Å². The van der Waals surface area contributed by atoms with Gasteiger partial charge in [-0.25, -0.2) is 0 Å². The highest BCUT2D eigenvalue weighted by Gasteiger charge is 2.34. The number of anilines is 1. The molecule has 2 amide bonds. The lowest BCUT2D eigenvalue weighted by atomic mass is 10.1. The highest BCUT2D eigenvalue weighted by atomic mass is 16.3. The number of nitrogens with zero attached hydrogens (tertiary/aromatic N) is 1. The van der Waals surface area contributed by atoms with Crippen molar-refractivity contribution in [2.45, 2.75) is 32.2 Å². The fraction of sp³-hybridized carbons (Fsp3) is 0.368. The zero-order valence-electron chi connectivity index (χ0n) is 13.5. The number of carbonyl (C=O) groups excluding carboxylic acids is 2. The lowest BCUT2D eigenvalue weighted by Gasteiger charge is -2.15. The molecule has 5 nitrogen and oxygen atoms in total. The van der Waals surface area contributed by atoms with Gasteiger partial charge in [-0.15, -0.1) is 0 Å². The van der Waals surface area contributed by atoms with Crippen LogP contribution < -0.4 is 5.32 Å². The molecule has 2 aliphatic rings. The van der Waals surface area contributed by atoms with E-state index >= 15 is 0 Å². The molecule has 1 saturated heterocycles. The summed E-state index contributed by atoms with van der Waals surface area (Å²) in [6.45, 7) is 0.866. The van der Waals surface area contributed by atoms with Gasteiger partial charge in [0.05, 0.1) is 18.7 Å². The van der Waals surface area contributed by atoms with Crippen LogP contribution in [0.2, 0.25) is 0 Å². The van der Waals surface area contributed by atoms with Crippen LogP contribution in [0.3, 0.4) is 0 Å². The summed E-state index contributed by atoms with van der Waals surface area (Å²) < 4.78 is 5.28. The Morgan fingerprint density at radius 3 is 2.96 bits per heavy atom. The van der Waals surface area contributed by atoms with Gasteiger partial charge in [0, 0.05) is 18.7 Å². The molecular weight excluding hydrogens is 304 g/mol. The molecule has 1 N–H and O–H groups in total. The SMILES string of the molecule is O=C(Nc1ccc2c(c1)CCC2)C1CC(=O)N(Cc2ccco2)C1. The number of aryl methyl sites for hydroxylation is 2. The molecule has 1 aliphatic carbocycles. The van der Waals surface area contributed by atoms with Crippen LogP contribution in [-0.4, -0.2) is 23.3 Å². The first-order chi connectivity index (χ1) is 11.7. The Bertz CT molecular complexity index is 767. The minimum absolute atomic E-state index is 0.000466. The highest BCUT2D eigenvalue weighted by molar-refractivity contribution is 5.97. The fourth-order valence-corrected chi connectivity index (χ4v) is 3.59. The maximum Gasteiger partial charge on any atom is 0.229 e. The normalized spacial score (nSPS) is 19.6. The maximum absolute atomic E-state index is 12.5. The molecule has 24 heavy (non-hydrogen) atoms. The first-order valence-electron chi connectivity index (χ1n) is 8.42. The molecule has 1 aromatic heterocycles. The van der Waals surface area contributed by atoms with E-state index in [-0.39, 0.29) is 24.2 Å². The van der Waals surface area contributed by atoms with Crippen LogP contribution in [0.5, 0.6) is 0 Å². The highest BCUT2D eigenvalue weighted by Crippen LogP contribution is 2.26. The van der Waals surface area contributed by atoms with E-state index in [4.69, 9.17) is 4.42 Å². The second-order valence-electron chi connectivity index (χ2n) is 6.58. The van der Waals surface area contributed by atoms with Gasteiger partial charge in [0.25, 0.3) is 0 Å². The monoisotopic (exact) mass is 324 g/mol. The van der Waals surface area contributed by atoms with E-state index in [2.05, 4.69) is 17.4 Å². The molecule has 1 aromatic carbocycles. The lowest BCUT2D eigenvalue weighted by Crippen LogP contribution is -2.27. The topological polar surface area (TPSA) is 62.6 Å². The van der Waals surface area contributed by atoms with Gasteiger partial charge in [0.1, 0.15) is 5.76 Å². The second-order valence-corrected chi connectivity index (χ2v) is 6.58. The number of amides is 2. The number of fused-ring (bicyclic) bond motifs is 1. The van der Waals surface area contributed by atoms with Gasteiger partial charge in [-0.05, 0) is 54.7 Å². The lowest BCUT2D eigenvalue weighted by molar-refractivity contribution is -0.128. The third kappa shape index (κ3) is 2.94. The molecule has 1 atom stereocenters. The Balaban J connectivity index is 1.39.